The van der Waals surface area contributed by atoms with E-state index in [-0.39, 0.29) is 74.5 Å². The zero-order chi connectivity index (χ0) is 79.2. The van der Waals surface area contributed by atoms with Crippen LogP contribution < -0.4 is 75.7 Å². The Balaban J connectivity index is 1.26. The molecule has 22 N–H and O–H groups in total. The standard InChI is InChI=1S/C73H104N18O16/c1-10-40(7)61(91-70(104)56(31-47-34-78-37-81-47)86-65(99)51(74)30-46-33-77-36-80-46)72(106)84-52(26-18-43-12-20-48(92)21-13-43)67(101)87-55(28-38(3)4)66(100)79-35-59(96)82-42(9)64(98)89-60(39(5)6)71(105)88-57(32-58(75)95)69(103)83-53(27-19-44-14-22-49(93)23-15-44)68(102)90-62(41(8)11-2)73(107)85-54(63(76)97)29-45-16-24-50(94)25-17-45/h12-17,20-25,33-34,36-42,51-57,60-62,92-94H,10-11,18-19,26-32,35,74H2,1-9H3,(H2,75,95)(H2,76,97)(H,77,80)(H,78,81)(H,79,100)(H,82,96)(H,83,103)(H,84,106)(H,85,107)(H,86,99)(H,87,101)(H,88,105)(H,89,98)(H,90,102)(H,91,104)/t40-,41-,42-,51-,52-,53-,54-,55-,56-,57-,60-,61-,62-/m0/s1. The third-order valence-electron chi connectivity index (χ3n) is 18.0. The van der Waals surface area contributed by atoms with Crippen molar-refractivity contribution in [2.75, 3.05) is 6.54 Å². The van der Waals surface area contributed by atoms with E-state index in [1.54, 1.807) is 79.7 Å². The van der Waals surface area contributed by atoms with E-state index < -0.39 is 174 Å². The highest BCUT2D eigenvalue weighted by molar-refractivity contribution is 6.00. The first kappa shape index (κ1) is 86.2. The van der Waals surface area contributed by atoms with Gasteiger partial charge in [0.1, 0.15) is 77.7 Å². The van der Waals surface area contributed by atoms with Crippen LogP contribution in [0.25, 0.3) is 0 Å². The van der Waals surface area contributed by atoms with Crippen molar-refractivity contribution in [2.24, 2.45) is 40.9 Å². The Kier molecular flexibility index (Phi) is 34.2. The number of nitrogens with one attached hydrogen (secondary N) is 13. The van der Waals surface area contributed by atoms with Crippen molar-refractivity contribution in [3.63, 3.8) is 0 Å². The maximum Gasteiger partial charge on any atom is 0.243 e. The fourth-order valence-corrected chi connectivity index (χ4v) is 11.2. The van der Waals surface area contributed by atoms with E-state index in [9.17, 15) is 77.6 Å². The van der Waals surface area contributed by atoms with Crippen LogP contribution in [0.3, 0.4) is 0 Å². The molecule has 0 radical (unpaired) electrons. The highest BCUT2D eigenvalue weighted by atomic mass is 16.3. The van der Waals surface area contributed by atoms with Crippen LogP contribution in [0.4, 0.5) is 0 Å². The molecule has 5 rings (SSSR count). The second kappa shape index (κ2) is 42.5. The molecule has 34 heteroatoms. The first-order valence-electron chi connectivity index (χ1n) is 35.6. The molecule has 0 saturated heterocycles. The number of aromatic hydroxyl groups is 3. The van der Waals surface area contributed by atoms with Crippen molar-refractivity contribution < 1.29 is 77.6 Å². The van der Waals surface area contributed by atoms with E-state index in [1.165, 1.54) is 80.5 Å². The minimum atomic E-state index is -1.76. The molecule has 13 atom stereocenters. The van der Waals surface area contributed by atoms with Crippen LogP contribution >= 0.6 is 0 Å². The number of carbonyl (C=O) groups excluding carboxylic acids is 13. The smallest absolute Gasteiger partial charge is 0.243 e. The third-order valence-corrected chi connectivity index (χ3v) is 18.0. The number of hydrogen-bond donors (Lipinski definition) is 19. The van der Waals surface area contributed by atoms with Crippen LogP contribution in [0.2, 0.25) is 0 Å². The second-order valence-corrected chi connectivity index (χ2v) is 27.5. The van der Waals surface area contributed by atoms with E-state index in [0.717, 1.165) is 0 Å². The van der Waals surface area contributed by atoms with E-state index in [4.69, 9.17) is 17.2 Å². The molecule has 0 spiro atoms. The number of carbonyl (C=O) groups is 13. The highest BCUT2D eigenvalue weighted by Gasteiger charge is 2.38. The van der Waals surface area contributed by atoms with E-state index in [1.807, 2.05) is 0 Å². The number of aryl methyl sites for hydroxylation is 2. The van der Waals surface area contributed by atoms with Crippen LogP contribution in [0.5, 0.6) is 17.2 Å². The zero-order valence-electron chi connectivity index (χ0n) is 61.7. The predicted octanol–water partition coefficient (Wildman–Crippen LogP) is -0.991. The summed E-state index contributed by atoms with van der Waals surface area (Å²) in [7, 11) is 0. The molecular weight excluding hydrogens is 1380 g/mol. The maximum absolute atomic E-state index is 14.6. The normalized spacial score (nSPS) is 14.9. The number of nitrogens with zero attached hydrogens (tertiary/aromatic N) is 2. The number of hydrogen-bond acceptors (Lipinski definition) is 19. The summed E-state index contributed by atoms with van der Waals surface area (Å²) in [4.78, 5) is 194. The van der Waals surface area contributed by atoms with Crippen molar-refractivity contribution >= 4 is 76.8 Å². The van der Waals surface area contributed by atoms with Crippen LogP contribution in [0.15, 0.2) is 97.8 Å². The Morgan fingerprint density at radius 3 is 1.28 bits per heavy atom. The second-order valence-electron chi connectivity index (χ2n) is 27.5. The number of rotatable bonds is 44. The van der Waals surface area contributed by atoms with Gasteiger partial charge < -0.3 is 101 Å². The molecule has 0 aliphatic rings. The first-order chi connectivity index (χ1) is 50.6. The average molecular weight is 1490 g/mol. The zero-order valence-corrected chi connectivity index (χ0v) is 61.7. The van der Waals surface area contributed by atoms with Gasteiger partial charge in [0.15, 0.2) is 0 Å². The summed E-state index contributed by atoms with van der Waals surface area (Å²) < 4.78 is 0. The number of amides is 13. The fraction of sp³-hybridized carbons (Fsp3) is 0.493. The third kappa shape index (κ3) is 28.8. The molecule has 3 aromatic carbocycles. The van der Waals surface area contributed by atoms with Gasteiger partial charge in [0.25, 0.3) is 0 Å². The fourth-order valence-electron chi connectivity index (χ4n) is 11.2. The van der Waals surface area contributed by atoms with E-state index in [0.29, 0.717) is 40.9 Å². The minimum absolute atomic E-state index is 0.0148. The number of aromatic nitrogens is 4. The van der Waals surface area contributed by atoms with Gasteiger partial charge in [-0.1, -0.05) is 105 Å². The Morgan fingerprint density at radius 1 is 0.430 bits per heavy atom. The molecule has 5 aromatic rings. The van der Waals surface area contributed by atoms with Gasteiger partial charge in [-0.3, -0.25) is 62.3 Å². The molecule has 0 unspecified atom stereocenters. The van der Waals surface area contributed by atoms with Crippen molar-refractivity contribution in [1.82, 2.24) is 78.4 Å². The summed E-state index contributed by atoms with van der Waals surface area (Å²) in [6.45, 7) is 14.1. The van der Waals surface area contributed by atoms with Gasteiger partial charge in [0.05, 0.1) is 31.7 Å². The topological polar surface area (TPSA) is 550 Å². The molecule has 0 fully saturated rings. The van der Waals surface area contributed by atoms with Crippen LogP contribution in [-0.2, 0) is 94.4 Å². The number of aromatic amines is 2. The lowest BCUT2D eigenvalue weighted by atomic mass is 9.96. The number of primary amides is 2. The lowest BCUT2D eigenvalue weighted by Gasteiger charge is -2.29. The van der Waals surface area contributed by atoms with Crippen LogP contribution in [0.1, 0.15) is 129 Å². The van der Waals surface area contributed by atoms with E-state index >= 15 is 0 Å². The van der Waals surface area contributed by atoms with Crippen molar-refractivity contribution in [3.05, 3.63) is 126 Å². The lowest BCUT2D eigenvalue weighted by molar-refractivity contribution is -0.137. The summed E-state index contributed by atoms with van der Waals surface area (Å²) in [5.74, 6) is -13.5. The maximum atomic E-state index is 14.6. The minimum Gasteiger partial charge on any atom is -0.508 e. The van der Waals surface area contributed by atoms with Gasteiger partial charge in [0.2, 0.25) is 76.8 Å². The molecule has 13 amide bonds. The number of imidazole rings is 2. The first-order valence-corrected chi connectivity index (χ1v) is 35.6. The van der Waals surface area contributed by atoms with Crippen molar-refractivity contribution in [3.8, 4) is 17.2 Å². The monoisotopic (exact) mass is 1490 g/mol. The summed E-state index contributed by atoms with van der Waals surface area (Å²) >= 11 is 0. The van der Waals surface area contributed by atoms with Crippen LogP contribution in [-0.4, -0.2) is 185 Å². The van der Waals surface area contributed by atoms with Gasteiger partial charge in [0, 0.05) is 43.0 Å². The summed E-state index contributed by atoms with van der Waals surface area (Å²) in [5.41, 5.74) is 20.4. The molecule has 0 saturated carbocycles. The molecule has 582 valence electrons. The molecular formula is C73H104N18O16. The molecule has 0 aliphatic carbocycles. The van der Waals surface area contributed by atoms with Gasteiger partial charge in [-0.05, 0) is 116 Å². The lowest BCUT2D eigenvalue weighted by Crippen LogP contribution is -2.61. The number of H-pyrrole nitrogens is 2. The number of nitrogens with two attached hydrogens (primary N) is 3. The molecule has 0 bridgehead atoms. The molecule has 2 aromatic heterocycles. The highest BCUT2D eigenvalue weighted by Crippen LogP contribution is 2.19. The number of phenolic OH excluding ortho intramolecular Hbond substituents is 3. The number of benzene rings is 3. The summed E-state index contributed by atoms with van der Waals surface area (Å²) in [5, 5.41) is 58.4. The molecule has 0 aliphatic heterocycles. The molecule has 34 nitrogen and oxygen atoms in total. The van der Waals surface area contributed by atoms with Crippen molar-refractivity contribution in [1.29, 1.82) is 0 Å². The quantitative estimate of drug-likeness (QED) is 0.0223. The Morgan fingerprint density at radius 2 is 0.832 bits per heavy atom. The van der Waals surface area contributed by atoms with Crippen molar-refractivity contribution in [2.45, 2.75) is 199 Å². The Bertz CT molecular complexity index is 3780. The largest absolute Gasteiger partial charge is 0.508 e. The van der Waals surface area contributed by atoms with Gasteiger partial charge in [-0.15, -0.1) is 0 Å². The van der Waals surface area contributed by atoms with Crippen LogP contribution in [0, 0.1) is 23.7 Å². The Labute approximate surface area is 620 Å². The van der Waals surface area contributed by atoms with Gasteiger partial charge in [-0.25, -0.2) is 9.97 Å². The predicted molar refractivity (Wildman–Crippen MR) is 391 cm³/mol. The summed E-state index contributed by atoms with van der Waals surface area (Å²) in [6.07, 6.45) is 5.74. The van der Waals surface area contributed by atoms with E-state index in [2.05, 4.69) is 78.4 Å². The van der Waals surface area contributed by atoms with Gasteiger partial charge >= 0.3 is 0 Å². The number of phenols is 3. The Hall–Kier alpha value is -11.5. The van der Waals surface area contributed by atoms with Gasteiger partial charge in [-0.2, -0.15) is 0 Å². The SMILES string of the molecule is CC[C@H](C)[C@H](NC(=O)[C@H](CCc1ccc(O)cc1)NC(=O)[C@H](CC(N)=O)NC(=O)[C@@H](NC(=O)[C@H](C)NC(=O)CNC(=O)[C@H](CC(C)C)NC(=O)[C@H](CCc1ccc(O)cc1)NC(=O)[C@@H](NC(=O)[C@H](Cc1cnc[nH]1)NC(=O)[C@@H](N)Cc1cnc[nH]1)[C@@H](C)CC)C(C)C)C(=O)N[C@@H](Cc1ccc(O)cc1)C(N)=O. The molecule has 107 heavy (non-hydrogen) atoms. The average Bonchev–Trinajstić information content (AvgIpc) is 1.51. The molecule has 2 heterocycles. The summed E-state index contributed by atoms with van der Waals surface area (Å²) in [6, 6.07) is 3.03.